The zero-order chi connectivity index (χ0) is 13.8. The quantitative estimate of drug-likeness (QED) is 0.876. The van der Waals surface area contributed by atoms with Crippen molar-refractivity contribution < 1.29 is 0 Å². The van der Waals surface area contributed by atoms with Crippen LogP contribution in [0.3, 0.4) is 0 Å². The average molecular weight is 261 g/mol. The first kappa shape index (κ1) is 14.3. The number of hydrogen-bond donors (Lipinski definition) is 1. The van der Waals surface area contributed by atoms with E-state index in [9.17, 15) is 0 Å². The molecule has 2 heterocycles. The SMILES string of the molecule is CC(C)CNc1ncccc1C1CCCN1C(C)C. The molecule has 0 bridgehead atoms. The van der Waals surface area contributed by atoms with E-state index in [1.54, 1.807) is 0 Å². The van der Waals surface area contributed by atoms with Crippen LogP contribution < -0.4 is 5.32 Å². The third kappa shape index (κ3) is 3.47. The molecule has 3 heteroatoms. The Morgan fingerprint density at radius 3 is 2.84 bits per heavy atom. The molecule has 0 aliphatic carbocycles. The molecule has 2 rings (SSSR count). The van der Waals surface area contributed by atoms with Gasteiger partial charge in [0.1, 0.15) is 5.82 Å². The minimum atomic E-state index is 0.531. The molecular weight excluding hydrogens is 234 g/mol. The van der Waals surface area contributed by atoms with Gasteiger partial charge in [0.25, 0.3) is 0 Å². The van der Waals surface area contributed by atoms with Crippen molar-refractivity contribution in [3.63, 3.8) is 0 Å². The Bertz CT molecular complexity index is 401. The number of anilines is 1. The van der Waals surface area contributed by atoms with Gasteiger partial charge in [-0.1, -0.05) is 19.9 Å². The number of nitrogens with zero attached hydrogens (tertiary/aromatic N) is 2. The maximum atomic E-state index is 4.55. The molecule has 0 saturated carbocycles. The zero-order valence-corrected chi connectivity index (χ0v) is 12.7. The molecule has 1 unspecified atom stereocenters. The Hall–Kier alpha value is -1.09. The highest BCUT2D eigenvalue weighted by Crippen LogP contribution is 2.36. The second-order valence-corrected chi connectivity index (χ2v) is 6.21. The Kier molecular flexibility index (Phi) is 4.81. The normalized spacial score (nSPS) is 20.4. The largest absolute Gasteiger partial charge is 0.370 e. The minimum absolute atomic E-state index is 0.531. The fourth-order valence-corrected chi connectivity index (χ4v) is 2.88. The Labute approximate surface area is 117 Å². The van der Waals surface area contributed by atoms with Gasteiger partial charge in [0.15, 0.2) is 0 Å². The van der Waals surface area contributed by atoms with Crippen LogP contribution in [0.4, 0.5) is 5.82 Å². The summed E-state index contributed by atoms with van der Waals surface area (Å²) in [7, 11) is 0. The number of likely N-dealkylation sites (tertiary alicyclic amines) is 1. The molecule has 0 spiro atoms. The molecule has 1 aromatic rings. The lowest BCUT2D eigenvalue weighted by atomic mass is 10.0. The lowest BCUT2D eigenvalue weighted by Crippen LogP contribution is -2.30. The molecule has 1 aromatic heterocycles. The lowest BCUT2D eigenvalue weighted by molar-refractivity contribution is 0.206. The Morgan fingerprint density at radius 2 is 2.16 bits per heavy atom. The van der Waals surface area contributed by atoms with Crippen molar-refractivity contribution >= 4 is 5.82 Å². The molecule has 0 amide bonds. The summed E-state index contributed by atoms with van der Waals surface area (Å²) >= 11 is 0. The summed E-state index contributed by atoms with van der Waals surface area (Å²) < 4.78 is 0. The zero-order valence-electron chi connectivity index (χ0n) is 12.7. The van der Waals surface area contributed by atoms with E-state index in [-0.39, 0.29) is 0 Å². The van der Waals surface area contributed by atoms with Crippen molar-refractivity contribution in [2.75, 3.05) is 18.4 Å². The van der Waals surface area contributed by atoms with Gasteiger partial charge in [-0.05, 0) is 45.2 Å². The van der Waals surface area contributed by atoms with E-state index < -0.39 is 0 Å². The van der Waals surface area contributed by atoms with Crippen LogP contribution in [0.5, 0.6) is 0 Å². The number of hydrogen-bond acceptors (Lipinski definition) is 3. The summed E-state index contributed by atoms with van der Waals surface area (Å²) in [6.45, 7) is 11.2. The molecule has 3 nitrogen and oxygen atoms in total. The highest BCUT2D eigenvalue weighted by molar-refractivity contribution is 5.46. The van der Waals surface area contributed by atoms with Crippen LogP contribution in [0, 0.1) is 5.92 Å². The molecule has 19 heavy (non-hydrogen) atoms. The molecule has 1 N–H and O–H groups in total. The van der Waals surface area contributed by atoms with Gasteiger partial charge in [-0.2, -0.15) is 0 Å². The first-order valence-electron chi connectivity index (χ1n) is 7.54. The van der Waals surface area contributed by atoms with E-state index in [4.69, 9.17) is 0 Å². The summed E-state index contributed by atoms with van der Waals surface area (Å²) in [5.41, 5.74) is 1.37. The number of rotatable bonds is 5. The summed E-state index contributed by atoms with van der Waals surface area (Å²) in [5, 5.41) is 3.51. The van der Waals surface area contributed by atoms with Gasteiger partial charge in [0, 0.05) is 30.4 Å². The standard InChI is InChI=1S/C16H27N3/c1-12(2)11-18-16-14(7-5-9-17-16)15-8-6-10-19(15)13(3)4/h5,7,9,12-13,15H,6,8,10-11H2,1-4H3,(H,17,18). The highest BCUT2D eigenvalue weighted by atomic mass is 15.2. The number of nitrogens with one attached hydrogen (secondary N) is 1. The fourth-order valence-electron chi connectivity index (χ4n) is 2.88. The van der Waals surface area contributed by atoms with E-state index in [0.29, 0.717) is 18.0 Å². The van der Waals surface area contributed by atoms with Gasteiger partial charge in [-0.15, -0.1) is 0 Å². The van der Waals surface area contributed by atoms with Crippen molar-refractivity contribution in [1.29, 1.82) is 0 Å². The summed E-state index contributed by atoms with van der Waals surface area (Å²) in [4.78, 5) is 7.15. The maximum Gasteiger partial charge on any atom is 0.130 e. The van der Waals surface area contributed by atoms with Crippen LogP contribution in [0.2, 0.25) is 0 Å². The molecule has 1 atom stereocenters. The second kappa shape index (κ2) is 6.38. The van der Waals surface area contributed by atoms with Crippen molar-refractivity contribution in [3.8, 4) is 0 Å². The number of aromatic nitrogens is 1. The van der Waals surface area contributed by atoms with Crippen molar-refractivity contribution in [1.82, 2.24) is 9.88 Å². The minimum Gasteiger partial charge on any atom is -0.370 e. The van der Waals surface area contributed by atoms with Crippen molar-refractivity contribution in [2.24, 2.45) is 5.92 Å². The predicted octanol–water partition coefficient (Wildman–Crippen LogP) is 3.69. The van der Waals surface area contributed by atoms with Gasteiger partial charge in [0.2, 0.25) is 0 Å². The summed E-state index contributed by atoms with van der Waals surface area (Å²) in [6.07, 6.45) is 4.43. The molecule has 1 saturated heterocycles. The molecule has 0 radical (unpaired) electrons. The monoisotopic (exact) mass is 261 g/mol. The lowest BCUT2D eigenvalue weighted by Gasteiger charge is -2.29. The van der Waals surface area contributed by atoms with Gasteiger partial charge in [-0.3, -0.25) is 4.90 Å². The van der Waals surface area contributed by atoms with Crippen LogP contribution >= 0.6 is 0 Å². The van der Waals surface area contributed by atoms with Gasteiger partial charge < -0.3 is 5.32 Å². The first-order valence-corrected chi connectivity index (χ1v) is 7.54. The smallest absolute Gasteiger partial charge is 0.130 e. The second-order valence-electron chi connectivity index (χ2n) is 6.21. The van der Waals surface area contributed by atoms with Gasteiger partial charge >= 0.3 is 0 Å². The fraction of sp³-hybridized carbons (Fsp3) is 0.688. The van der Waals surface area contributed by atoms with Crippen LogP contribution in [0.1, 0.15) is 52.1 Å². The van der Waals surface area contributed by atoms with Crippen molar-refractivity contribution in [3.05, 3.63) is 23.9 Å². The topological polar surface area (TPSA) is 28.2 Å². The highest BCUT2D eigenvalue weighted by Gasteiger charge is 2.29. The van der Waals surface area contributed by atoms with E-state index in [1.807, 2.05) is 6.20 Å². The van der Waals surface area contributed by atoms with E-state index >= 15 is 0 Å². The third-order valence-corrected chi connectivity index (χ3v) is 3.83. The molecule has 0 aromatic carbocycles. The number of pyridine rings is 1. The first-order chi connectivity index (χ1) is 9.09. The predicted molar refractivity (Wildman–Crippen MR) is 81.4 cm³/mol. The average Bonchev–Trinajstić information content (AvgIpc) is 2.85. The summed E-state index contributed by atoms with van der Waals surface area (Å²) in [6, 6.07) is 5.43. The summed E-state index contributed by atoms with van der Waals surface area (Å²) in [5.74, 6) is 1.72. The van der Waals surface area contributed by atoms with Crippen molar-refractivity contribution in [2.45, 2.75) is 52.6 Å². The molecular formula is C16H27N3. The van der Waals surface area contributed by atoms with Gasteiger partial charge in [-0.25, -0.2) is 4.98 Å². The van der Waals surface area contributed by atoms with E-state index in [0.717, 1.165) is 12.4 Å². The molecule has 1 aliphatic heterocycles. The maximum absolute atomic E-state index is 4.55. The van der Waals surface area contributed by atoms with Crippen LogP contribution in [0.25, 0.3) is 0 Å². The van der Waals surface area contributed by atoms with Crippen LogP contribution in [-0.4, -0.2) is 29.0 Å². The molecule has 106 valence electrons. The third-order valence-electron chi connectivity index (χ3n) is 3.83. The molecule has 1 aliphatic rings. The van der Waals surface area contributed by atoms with Crippen LogP contribution in [0.15, 0.2) is 18.3 Å². The Balaban J connectivity index is 2.19. The van der Waals surface area contributed by atoms with Gasteiger partial charge in [0.05, 0.1) is 0 Å². The molecule has 1 fully saturated rings. The van der Waals surface area contributed by atoms with E-state index in [2.05, 4.69) is 55.0 Å². The Morgan fingerprint density at radius 1 is 1.37 bits per heavy atom. The van der Waals surface area contributed by atoms with Crippen LogP contribution in [-0.2, 0) is 0 Å². The van der Waals surface area contributed by atoms with E-state index in [1.165, 1.54) is 24.9 Å².